The Morgan fingerprint density at radius 2 is 1.82 bits per heavy atom. The van der Waals surface area contributed by atoms with Crippen LogP contribution in [0.2, 0.25) is 0 Å². The Hall–Kier alpha value is -5.11. The number of hydrogen-bond acceptors (Lipinski definition) is 5. The van der Waals surface area contributed by atoms with Gasteiger partial charge in [-0.3, -0.25) is 15.0 Å². The molecule has 0 radical (unpaired) electrons. The van der Waals surface area contributed by atoms with Crippen LogP contribution in [0.25, 0.3) is 15.8 Å². The Labute approximate surface area is 253 Å². The smallest absolute Gasteiger partial charge is 0.406 e. The monoisotopic (exact) mass is 622 g/mol. The molecule has 14 heteroatoms. The summed E-state index contributed by atoms with van der Waals surface area (Å²) in [6, 6.07) is 17.4. The maximum absolute atomic E-state index is 13.7. The lowest BCUT2D eigenvalue weighted by Crippen LogP contribution is -2.34. The number of hydrogen-bond donors (Lipinski definition) is 3. The van der Waals surface area contributed by atoms with Gasteiger partial charge >= 0.3 is 12.4 Å². The van der Waals surface area contributed by atoms with E-state index in [1.165, 1.54) is 29.0 Å². The molecule has 5 rings (SSSR count). The zero-order valence-electron chi connectivity index (χ0n) is 23.2. The number of aromatic nitrogens is 1. The molecule has 0 saturated heterocycles. The van der Waals surface area contributed by atoms with Crippen LogP contribution in [0, 0.1) is 0 Å². The summed E-state index contributed by atoms with van der Waals surface area (Å²) in [6.45, 7) is 0.125. The molecule has 3 aromatic carbocycles. The van der Waals surface area contributed by atoms with Crippen molar-refractivity contribution in [3.8, 4) is 5.75 Å². The maximum atomic E-state index is 13.7. The predicted octanol–water partition coefficient (Wildman–Crippen LogP) is 6.06. The summed E-state index contributed by atoms with van der Waals surface area (Å²) in [6.07, 6.45) is 1.75. The number of halogens is 3. The summed E-state index contributed by atoms with van der Waals surface area (Å²) in [5, 5.41) is 6.13. The van der Waals surface area contributed by atoms with Gasteiger partial charge in [0.15, 0.2) is 5.13 Å². The third-order valence-corrected chi connectivity index (χ3v) is 7.72. The Kier molecular flexibility index (Phi) is 8.99. The van der Waals surface area contributed by atoms with Gasteiger partial charge in [-0.1, -0.05) is 41.7 Å². The molecule has 44 heavy (non-hydrogen) atoms. The van der Waals surface area contributed by atoms with Crippen LogP contribution in [0.15, 0.2) is 82.9 Å². The molecule has 0 bridgehead atoms. The van der Waals surface area contributed by atoms with E-state index < -0.39 is 18.3 Å². The van der Waals surface area contributed by atoms with Crippen molar-refractivity contribution in [3.05, 3.63) is 89.5 Å². The molecule has 0 unspecified atom stereocenters. The van der Waals surface area contributed by atoms with Gasteiger partial charge in [-0.05, 0) is 78.8 Å². The van der Waals surface area contributed by atoms with Crippen molar-refractivity contribution in [1.29, 1.82) is 0 Å². The molecule has 0 saturated carbocycles. The number of nitrogens with two attached hydrogens (primary N) is 2. The van der Waals surface area contributed by atoms with E-state index in [1.54, 1.807) is 24.3 Å². The van der Waals surface area contributed by atoms with Crippen LogP contribution in [-0.2, 0) is 6.54 Å². The molecule has 226 valence electrons. The number of nitrogens with zero attached hydrogens (tertiary/aromatic N) is 4. The third-order valence-electron chi connectivity index (χ3n) is 6.78. The number of amides is 3. The Bertz CT molecular complexity index is 1750. The molecular weight excluding hydrogens is 595 g/mol. The third kappa shape index (κ3) is 7.64. The van der Waals surface area contributed by atoms with Crippen molar-refractivity contribution in [2.45, 2.75) is 38.6 Å². The van der Waals surface area contributed by atoms with Crippen molar-refractivity contribution < 1.29 is 33.0 Å². The van der Waals surface area contributed by atoms with Crippen LogP contribution in [-0.4, -0.2) is 29.2 Å². The van der Waals surface area contributed by atoms with Crippen LogP contribution in [0.5, 0.6) is 5.75 Å². The van der Waals surface area contributed by atoms with E-state index in [4.69, 9.17) is 11.3 Å². The van der Waals surface area contributed by atoms with Crippen LogP contribution >= 0.6 is 11.3 Å². The minimum Gasteiger partial charge on any atom is -0.406 e. The summed E-state index contributed by atoms with van der Waals surface area (Å²) >= 11 is 1.02. The molecule has 1 heterocycles. The fraction of sp³-hybridized carbons (Fsp3) is 0.200. The minimum atomic E-state index is -4.83. The van der Waals surface area contributed by atoms with Gasteiger partial charge < -0.3 is 10.5 Å². The van der Waals surface area contributed by atoms with E-state index in [9.17, 15) is 22.8 Å². The molecule has 5 N–H and O–H groups in total. The van der Waals surface area contributed by atoms with E-state index in [1.807, 2.05) is 24.3 Å². The number of carbonyl (C=O) groups is 2. The molecule has 10 nitrogen and oxygen atoms in total. The summed E-state index contributed by atoms with van der Waals surface area (Å²) in [4.78, 5) is 35.4. The van der Waals surface area contributed by atoms with E-state index in [0.29, 0.717) is 21.5 Å². The SMILES string of the molecule is NC(N=[NH2+])=NC(=O)c1ccc(CN(C(=O)Nc2nc3ccc(OC(F)(F)F)cc3s2)c2ccc(C3=CCCCC3)cc2)cc1. The standard InChI is InChI=1S/C30H26F3N7O3S/c31-30(32,33)43-23-14-15-24-25(16-23)44-28(36-24)38-29(42)40(22-12-10-20(11-13-22)19-4-2-1-3-5-19)17-18-6-8-21(9-7-18)26(41)37-27(34)39-35/h4,6-16,35H,1-3,5,17H2,(H2,34,37,41)(H,36,38,42)/p+1. The van der Waals surface area contributed by atoms with Crippen molar-refractivity contribution in [2.75, 3.05) is 10.2 Å². The quantitative estimate of drug-likeness (QED) is 0.130. The highest BCUT2D eigenvalue weighted by Gasteiger charge is 2.31. The molecule has 1 aromatic heterocycles. The topological polar surface area (TPSA) is 148 Å². The minimum absolute atomic E-state index is 0.125. The second kappa shape index (κ2) is 13.0. The predicted molar refractivity (Wildman–Crippen MR) is 161 cm³/mol. The van der Waals surface area contributed by atoms with E-state index >= 15 is 0 Å². The van der Waals surface area contributed by atoms with Gasteiger partial charge in [0, 0.05) is 22.4 Å². The molecule has 0 atom stereocenters. The molecule has 0 spiro atoms. The largest absolute Gasteiger partial charge is 0.573 e. The second-order valence-corrected chi connectivity index (χ2v) is 10.9. The number of guanidine groups is 1. The first-order valence-electron chi connectivity index (χ1n) is 13.5. The van der Waals surface area contributed by atoms with Crippen LogP contribution in [0.3, 0.4) is 0 Å². The zero-order valence-corrected chi connectivity index (χ0v) is 24.0. The average Bonchev–Trinajstić information content (AvgIpc) is 3.41. The molecule has 1 aliphatic rings. The maximum Gasteiger partial charge on any atom is 0.573 e. The van der Waals surface area contributed by atoms with Gasteiger partial charge in [-0.25, -0.2) is 9.78 Å². The highest BCUT2D eigenvalue weighted by Crippen LogP contribution is 2.33. The highest BCUT2D eigenvalue weighted by atomic mass is 32.1. The Morgan fingerprint density at radius 1 is 1.07 bits per heavy atom. The normalized spacial score (nSPS) is 13.7. The number of urea groups is 1. The lowest BCUT2D eigenvalue weighted by atomic mass is 9.93. The second-order valence-electron chi connectivity index (χ2n) is 9.84. The highest BCUT2D eigenvalue weighted by molar-refractivity contribution is 7.22. The number of thiazole rings is 1. The molecule has 1 aliphatic carbocycles. The van der Waals surface area contributed by atoms with Crippen molar-refractivity contribution >= 4 is 55.8 Å². The molecule has 4 aromatic rings. The number of aliphatic imine (C=N–C) groups is 1. The van der Waals surface area contributed by atoms with Gasteiger partial charge in [0.2, 0.25) is 0 Å². The van der Waals surface area contributed by atoms with Crippen LogP contribution < -0.4 is 26.2 Å². The number of allylic oxidation sites excluding steroid dienone is 2. The van der Waals surface area contributed by atoms with Crippen molar-refractivity contribution in [1.82, 2.24) is 4.98 Å². The van der Waals surface area contributed by atoms with Crippen LogP contribution in [0.4, 0.5) is 28.8 Å². The first-order chi connectivity index (χ1) is 21.1. The summed E-state index contributed by atoms with van der Waals surface area (Å²) in [5.74, 6) is -1.35. The fourth-order valence-corrected chi connectivity index (χ4v) is 5.57. The molecule has 0 aliphatic heterocycles. The van der Waals surface area contributed by atoms with Gasteiger partial charge in [-0.15, -0.1) is 18.7 Å². The zero-order chi connectivity index (χ0) is 31.3. The number of fused-ring (bicyclic) bond motifs is 1. The molecule has 0 fully saturated rings. The fourth-order valence-electron chi connectivity index (χ4n) is 4.68. The Morgan fingerprint density at radius 3 is 2.48 bits per heavy atom. The van der Waals surface area contributed by atoms with Gasteiger partial charge in [0.05, 0.1) is 16.8 Å². The first-order valence-corrected chi connectivity index (χ1v) is 14.3. The van der Waals surface area contributed by atoms with Gasteiger partial charge in [0.25, 0.3) is 11.9 Å². The van der Waals surface area contributed by atoms with Gasteiger partial charge in [-0.2, -0.15) is 4.99 Å². The molecular formula is C30H27F3N7O3S+. The molecule has 3 amide bonds. The summed E-state index contributed by atoms with van der Waals surface area (Å²) < 4.78 is 42.4. The van der Waals surface area contributed by atoms with Gasteiger partial charge in [0.1, 0.15) is 5.75 Å². The summed E-state index contributed by atoms with van der Waals surface area (Å²) in [5.41, 5.74) is 14.8. The number of benzene rings is 3. The first kappa shape index (κ1) is 30.4. The Balaban J connectivity index is 1.40. The van der Waals surface area contributed by atoms with E-state index in [0.717, 1.165) is 42.2 Å². The number of ether oxygens (including phenoxy) is 1. The van der Waals surface area contributed by atoms with E-state index in [-0.39, 0.29) is 28.9 Å². The van der Waals surface area contributed by atoms with Crippen molar-refractivity contribution in [2.24, 2.45) is 15.8 Å². The van der Waals surface area contributed by atoms with E-state index in [2.05, 4.69) is 31.2 Å². The number of anilines is 2. The van der Waals surface area contributed by atoms with Crippen LogP contribution in [0.1, 0.15) is 47.2 Å². The number of alkyl halides is 3. The average molecular weight is 623 g/mol. The lowest BCUT2D eigenvalue weighted by molar-refractivity contribution is -0.274. The lowest BCUT2D eigenvalue weighted by Gasteiger charge is -2.23. The number of carbonyl (C=O) groups excluding carboxylic acids is 2. The number of nitrogens with one attached hydrogen (secondary N) is 1. The summed E-state index contributed by atoms with van der Waals surface area (Å²) in [7, 11) is 0. The van der Waals surface area contributed by atoms with Crippen molar-refractivity contribution in [3.63, 3.8) is 0 Å². The number of rotatable bonds is 7.